The number of aliphatic hydroxyl groups excluding tert-OH is 8. The number of hydrogen-bond donors (Lipinski definition) is 9. The van der Waals surface area contributed by atoms with E-state index in [0.29, 0.717) is 6.42 Å². The van der Waals surface area contributed by atoms with Crippen molar-refractivity contribution in [3.05, 3.63) is 24.3 Å². The van der Waals surface area contributed by atoms with Crippen molar-refractivity contribution in [3.63, 3.8) is 0 Å². The zero-order chi connectivity index (χ0) is 51.0. The van der Waals surface area contributed by atoms with Crippen LogP contribution in [0.25, 0.3) is 0 Å². The van der Waals surface area contributed by atoms with Gasteiger partial charge in [0.15, 0.2) is 12.6 Å². The van der Waals surface area contributed by atoms with E-state index in [4.69, 9.17) is 18.9 Å². The molecule has 2 saturated heterocycles. The van der Waals surface area contributed by atoms with Gasteiger partial charge in [-0.1, -0.05) is 205 Å². The summed E-state index contributed by atoms with van der Waals surface area (Å²) >= 11 is 0. The van der Waals surface area contributed by atoms with Crippen molar-refractivity contribution in [3.8, 4) is 0 Å². The molecule has 70 heavy (non-hydrogen) atoms. The van der Waals surface area contributed by atoms with E-state index in [1.165, 1.54) is 148 Å². The van der Waals surface area contributed by atoms with Gasteiger partial charge in [-0.3, -0.25) is 4.79 Å². The Labute approximate surface area is 424 Å². The van der Waals surface area contributed by atoms with Crippen LogP contribution < -0.4 is 5.32 Å². The minimum Gasteiger partial charge on any atom is -0.394 e. The van der Waals surface area contributed by atoms with Crippen molar-refractivity contribution in [1.82, 2.24) is 5.32 Å². The molecule has 0 saturated carbocycles. The topological polar surface area (TPSA) is 228 Å². The van der Waals surface area contributed by atoms with Crippen LogP contribution in [0.4, 0.5) is 0 Å². The Hall–Kier alpha value is -1.53. The summed E-state index contributed by atoms with van der Waals surface area (Å²) in [6.45, 7) is 2.80. The molecule has 2 heterocycles. The molecule has 9 N–H and O–H groups in total. The number of amides is 1. The van der Waals surface area contributed by atoms with Gasteiger partial charge in [0.25, 0.3) is 0 Å². The van der Waals surface area contributed by atoms with Crippen molar-refractivity contribution < 1.29 is 64.6 Å². The van der Waals surface area contributed by atoms with E-state index < -0.39 is 86.8 Å². The highest BCUT2D eigenvalue weighted by molar-refractivity contribution is 5.76. The average Bonchev–Trinajstić information content (AvgIpc) is 3.36. The quantitative estimate of drug-likeness (QED) is 0.0205. The number of unbranched alkanes of at least 4 members (excludes halogenated alkanes) is 30. The number of carbonyl (C=O) groups excluding carboxylic acids is 1. The van der Waals surface area contributed by atoms with Crippen LogP contribution in [0.5, 0.6) is 0 Å². The molecular weight excluding hydrogens is 895 g/mol. The van der Waals surface area contributed by atoms with Gasteiger partial charge >= 0.3 is 0 Å². The lowest BCUT2D eigenvalue weighted by atomic mass is 9.97. The lowest BCUT2D eigenvalue weighted by Gasteiger charge is -2.46. The van der Waals surface area contributed by atoms with Crippen LogP contribution in [0, 0.1) is 0 Å². The molecule has 14 nitrogen and oxygen atoms in total. The average molecular weight is 1000 g/mol. The van der Waals surface area contributed by atoms with Crippen molar-refractivity contribution >= 4 is 5.91 Å². The highest BCUT2D eigenvalue weighted by atomic mass is 16.7. The van der Waals surface area contributed by atoms with Gasteiger partial charge in [-0.05, 0) is 44.9 Å². The van der Waals surface area contributed by atoms with Gasteiger partial charge in [0.1, 0.15) is 48.8 Å². The van der Waals surface area contributed by atoms with E-state index in [0.717, 1.165) is 57.8 Å². The minimum absolute atomic E-state index is 0.246. The number of aliphatic hydroxyl groups is 8. The number of allylic oxidation sites excluding steroid dienone is 3. The summed E-state index contributed by atoms with van der Waals surface area (Å²) in [5.74, 6) is -0.246. The van der Waals surface area contributed by atoms with Crippen molar-refractivity contribution in [2.75, 3.05) is 19.8 Å². The molecule has 1 amide bonds. The van der Waals surface area contributed by atoms with E-state index in [1.807, 2.05) is 6.08 Å². The van der Waals surface area contributed by atoms with E-state index in [9.17, 15) is 45.6 Å². The third-order valence-electron chi connectivity index (χ3n) is 14.1. The molecular formula is C56H105NO13. The Kier molecular flexibility index (Phi) is 39.5. The minimum atomic E-state index is -1.79. The van der Waals surface area contributed by atoms with Crippen molar-refractivity contribution in [2.24, 2.45) is 0 Å². The van der Waals surface area contributed by atoms with E-state index in [1.54, 1.807) is 6.08 Å². The largest absolute Gasteiger partial charge is 0.394 e. The molecule has 412 valence electrons. The Morgan fingerprint density at radius 1 is 0.500 bits per heavy atom. The lowest BCUT2D eigenvalue weighted by molar-refractivity contribution is -0.359. The molecule has 2 rings (SSSR count). The van der Waals surface area contributed by atoms with Crippen molar-refractivity contribution in [1.29, 1.82) is 0 Å². The number of nitrogens with one attached hydrogen (secondary N) is 1. The molecule has 12 atom stereocenters. The fourth-order valence-electron chi connectivity index (χ4n) is 9.46. The van der Waals surface area contributed by atoms with Crippen LogP contribution in [0.2, 0.25) is 0 Å². The van der Waals surface area contributed by atoms with Gasteiger partial charge in [0, 0.05) is 6.42 Å². The molecule has 2 aliphatic heterocycles. The molecule has 0 aromatic heterocycles. The normalized spacial score (nSPS) is 26.1. The predicted molar refractivity (Wildman–Crippen MR) is 277 cm³/mol. The number of carbonyl (C=O) groups is 1. The SMILES string of the molecule is CCCCCCCCC/C=C\CCCCCCCC(=O)NC(COC1OC(CO)C(OC2OC(CO)C(O)C(O)C2O)C(O)C1O)C(O)/C=C/CCCCCCCCCCCCCCCCCCCC. The molecule has 0 bridgehead atoms. The van der Waals surface area contributed by atoms with Crippen LogP contribution in [0.3, 0.4) is 0 Å². The van der Waals surface area contributed by atoms with Gasteiger partial charge < -0.3 is 65.1 Å². The van der Waals surface area contributed by atoms with Crippen LogP contribution >= 0.6 is 0 Å². The molecule has 2 fully saturated rings. The van der Waals surface area contributed by atoms with Gasteiger partial charge in [0.05, 0.1) is 32.0 Å². The highest BCUT2D eigenvalue weighted by Crippen LogP contribution is 2.30. The second kappa shape index (κ2) is 42.8. The van der Waals surface area contributed by atoms with Crippen LogP contribution in [-0.2, 0) is 23.7 Å². The van der Waals surface area contributed by atoms with E-state index in [-0.39, 0.29) is 18.9 Å². The monoisotopic (exact) mass is 1000 g/mol. The lowest BCUT2D eigenvalue weighted by Crippen LogP contribution is -2.65. The molecule has 0 radical (unpaired) electrons. The van der Waals surface area contributed by atoms with Gasteiger partial charge in [-0.2, -0.15) is 0 Å². The first-order chi connectivity index (χ1) is 34.1. The summed E-state index contributed by atoms with van der Waals surface area (Å²) in [6.07, 6.45) is 32.1. The summed E-state index contributed by atoms with van der Waals surface area (Å²) in [5, 5.41) is 87.0. The van der Waals surface area contributed by atoms with Crippen LogP contribution in [0.1, 0.15) is 232 Å². The standard InChI is InChI=1S/C56H105NO13/c1-3-5-7-9-11-13-15-17-19-21-22-23-24-25-27-29-31-33-35-37-39-45(60)44(57-48(61)40-38-36-34-32-30-28-26-20-18-16-14-12-10-8-6-4-2)43-67-55-53(66)51(64)54(47(42-59)69-55)70-56-52(65)50(63)49(62)46(41-58)68-56/h20,26,37,39,44-47,49-56,58-60,62-66H,3-19,21-25,27-36,38,40-43H2,1-2H3,(H,57,61)/b26-20-,39-37+. The number of hydrogen-bond acceptors (Lipinski definition) is 13. The highest BCUT2D eigenvalue weighted by Gasteiger charge is 2.51. The van der Waals surface area contributed by atoms with Gasteiger partial charge in [-0.15, -0.1) is 0 Å². The first-order valence-corrected chi connectivity index (χ1v) is 28.6. The molecule has 0 aliphatic carbocycles. The molecule has 0 aromatic carbocycles. The van der Waals surface area contributed by atoms with Crippen LogP contribution in [0.15, 0.2) is 24.3 Å². The molecule has 2 aliphatic rings. The first kappa shape index (κ1) is 64.6. The first-order valence-electron chi connectivity index (χ1n) is 28.6. The summed E-state index contributed by atoms with van der Waals surface area (Å²) in [4.78, 5) is 13.2. The van der Waals surface area contributed by atoms with Gasteiger partial charge in [-0.25, -0.2) is 0 Å². The summed E-state index contributed by atoms with van der Waals surface area (Å²) in [5.41, 5.74) is 0. The summed E-state index contributed by atoms with van der Waals surface area (Å²) in [6, 6.07) is -0.916. The second-order valence-electron chi connectivity index (χ2n) is 20.4. The zero-order valence-electron chi connectivity index (χ0n) is 44.0. The van der Waals surface area contributed by atoms with E-state index >= 15 is 0 Å². The smallest absolute Gasteiger partial charge is 0.220 e. The fraction of sp³-hybridized carbons (Fsp3) is 0.911. The molecule has 0 spiro atoms. The Balaban J connectivity index is 1.80. The maximum atomic E-state index is 13.2. The number of ether oxygens (including phenoxy) is 4. The Bertz CT molecular complexity index is 1270. The Morgan fingerprint density at radius 2 is 0.900 bits per heavy atom. The van der Waals surface area contributed by atoms with E-state index in [2.05, 4.69) is 31.3 Å². The summed E-state index contributed by atoms with van der Waals surface area (Å²) < 4.78 is 22.7. The van der Waals surface area contributed by atoms with Crippen molar-refractivity contribution in [2.45, 2.75) is 306 Å². The molecule has 14 heteroatoms. The van der Waals surface area contributed by atoms with Gasteiger partial charge in [0.2, 0.25) is 5.91 Å². The van der Waals surface area contributed by atoms with Crippen LogP contribution in [-0.4, -0.2) is 140 Å². The molecule has 0 aromatic rings. The fourth-order valence-corrected chi connectivity index (χ4v) is 9.46. The predicted octanol–water partition coefficient (Wildman–Crippen LogP) is 8.89. The zero-order valence-corrected chi connectivity index (χ0v) is 44.0. The maximum absolute atomic E-state index is 13.2. The Morgan fingerprint density at radius 3 is 1.36 bits per heavy atom. The number of rotatable bonds is 45. The third-order valence-corrected chi connectivity index (χ3v) is 14.1. The molecule has 12 unspecified atom stereocenters. The maximum Gasteiger partial charge on any atom is 0.220 e. The second-order valence-corrected chi connectivity index (χ2v) is 20.4. The third kappa shape index (κ3) is 28.8. The summed E-state index contributed by atoms with van der Waals surface area (Å²) in [7, 11) is 0.